The van der Waals surface area contributed by atoms with Gasteiger partial charge in [-0.15, -0.1) is 10.2 Å². The highest BCUT2D eigenvalue weighted by molar-refractivity contribution is 8.00. The van der Waals surface area contributed by atoms with Crippen LogP contribution < -0.4 is 5.32 Å². The molecule has 1 aromatic carbocycles. The van der Waals surface area contributed by atoms with Crippen LogP contribution in [-0.4, -0.2) is 29.5 Å². The Morgan fingerprint density at radius 3 is 3.14 bits per heavy atom. The van der Waals surface area contributed by atoms with Crippen molar-refractivity contribution in [3.8, 4) is 0 Å². The lowest BCUT2D eigenvalue weighted by Gasteiger charge is -2.08. The highest BCUT2D eigenvalue weighted by Gasteiger charge is 2.16. The average molecular weight is 360 g/mol. The second-order valence-electron chi connectivity index (χ2n) is 4.91. The lowest BCUT2D eigenvalue weighted by Crippen LogP contribution is -2.18. The van der Waals surface area contributed by atoms with Crippen molar-refractivity contribution in [2.45, 2.75) is 29.0 Å². The molecule has 3 rings (SSSR count). The summed E-state index contributed by atoms with van der Waals surface area (Å²) in [5.41, 5.74) is 0.886. The Morgan fingerprint density at radius 1 is 1.45 bits per heavy atom. The van der Waals surface area contributed by atoms with Gasteiger partial charge in [-0.05, 0) is 30.5 Å². The molecule has 0 bridgehead atoms. The number of anilines is 1. The lowest BCUT2D eigenvalue weighted by atomic mass is 10.2. The fourth-order valence-corrected chi connectivity index (χ4v) is 4.20. The quantitative estimate of drug-likeness (QED) is 0.783. The monoisotopic (exact) mass is 359 g/mol. The number of halogens is 2. The molecule has 1 aliphatic rings. The van der Waals surface area contributed by atoms with E-state index in [9.17, 15) is 4.39 Å². The van der Waals surface area contributed by atoms with Gasteiger partial charge in [0.2, 0.25) is 5.13 Å². The van der Waals surface area contributed by atoms with Gasteiger partial charge in [-0.3, -0.25) is 0 Å². The highest BCUT2D eigenvalue weighted by atomic mass is 35.5. The van der Waals surface area contributed by atoms with Crippen LogP contribution in [0.5, 0.6) is 0 Å². The molecule has 0 spiro atoms. The average Bonchev–Trinajstić information content (AvgIpc) is 3.16. The van der Waals surface area contributed by atoms with E-state index in [1.54, 1.807) is 6.07 Å². The molecule has 22 heavy (non-hydrogen) atoms. The van der Waals surface area contributed by atoms with E-state index in [1.807, 2.05) is 0 Å². The smallest absolute Gasteiger partial charge is 0.206 e. The van der Waals surface area contributed by atoms with Crippen LogP contribution in [0.3, 0.4) is 0 Å². The maximum absolute atomic E-state index is 13.0. The Morgan fingerprint density at radius 2 is 2.36 bits per heavy atom. The zero-order valence-corrected chi connectivity index (χ0v) is 14.1. The second kappa shape index (κ2) is 7.59. The normalized spacial score (nSPS) is 17.8. The Balaban J connectivity index is 1.50. The summed E-state index contributed by atoms with van der Waals surface area (Å²) in [6, 6.07) is 4.44. The molecule has 1 aromatic heterocycles. The minimum atomic E-state index is -0.324. The van der Waals surface area contributed by atoms with Crippen molar-refractivity contribution in [3.63, 3.8) is 0 Å². The molecular weight excluding hydrogens is 345 g/mol. The molecule has 1 unspecified atom stereocenters. The van der Waals surface area contributed by atoms with Crippen LogP contribution in [-0.2, 0) is 10.5 Å². The third kappa shape index (κ3) is 4.32. The van der Waals surface area contributed by atoms with Crippen LogP contribution in [0.15, 0.2) is 22.5 Å². The third-order valence-corrected chi connectivity index (χ3v) is 5.69. The van der Waals surface area contributed by atoms with Crippen molar-refractivity contribution in [2.24, 2.45) is 0 Å². The van der Waals surface area contributed by atoms with Crippen molar-refractivity contribution in [3.05, 3.63) is 34.6 Å². The molecule has 2 aromatic rings. The minimum absolute atomic E-state index is 0.276. The maximum atomic E-state index is 13.0. The van der Waals surface area contributed by atoms with Crippen LogP contribution in [0, 0.1) is 5.82 Å². The molecule has 2 heterocycles. The fraction of sp³-hybridized carbons (Fsp3) is 0.429. The molecule has 0 amide bonds. The topological polar surface area (TPSA) is 47.0 Å². The zero-order chi connectivity index (χ0) is 15.4. The molecule has 0 aliphatic carbocycles. The Kier molecular flexibility index (Phi) is 5.51. The van der Waals surface area contributed by atoms with E-state index in [0.717, 1.165) is 41.0 Å². The van der Waals surface area contributed by atoms with Gasteiger partial charge >= 0.3 is 0 Å². The van der Waals surface area contributed by atoms with Crippen molar-refractivity contribution in [1.82, 2.24) is 10.2 Å². The number of benzene rings is 1. The van der Waals surface area contributed by atoms with Crippen LogP contribution in [0.4, 0.5) is 9.52 Å². The van der Waals surface area contributed by atoms with Crippen LogP contribution in [0.25, 0.3) is 0 Å². The summed E-state index contributed by atoms with van der Waals surface area (Å²) in [5.74, 6) is 0.315. The van der Waals surface area contributed by atoms with Crippen LogP contribution in [0.1, 0.15) is 18.4 Å². The van der Waals surface area contributed by atoms with Gasteiger partial charge in [0, 0.05) is 23.9 Å². The summed E-state index contributed by atoms with van der Waals surface area (Å²) in [6.45, 7) is 1.62. The molecule has 4 nitrogen and oxygen atoms in total. The number of hydrogen-bond acceptors (Lipinski definition) is 6. The summed E-state index contributed by atoms with van der Waals surface area (Å²) >= 11 is 9.05. The van der Waals surface area contributed by atoms with E-state index in [-0.39, 0.29) is 11.9 Å². The number of ether oxygens (including phenoxy) is 1. The third-order valence-electron chi connectivity index (χ3n) is 3.28. The molecule has 1 atom stereocenters. The van der Waals surface area contributed by atoms with Crippen LogP contribution in [0.2, 0.25) is 5.02 Å². The minimum Gasteiger partial charge on any atom is -0.376 e. The number of aromatic nitrogens is 2. The SMILES string of the molecule is Fc1ccc(CSc2nnc(NCC3CCCO3)s2)c(Cl)c1. The summed E-state index contributed by atoms with van der Waals surface area (Å²) in [6.07, 6.45) is 2.50. The van der Waals surface area contributed by atoms with Gasteiger partial charge in [0.05, 0.1) is 6.10 Å². The fourth-order valence-electron chi connectivity index (χ4n) is 2.12. The zero-order valence-electron chi connectivity index (χ0n) is 11.7. The molecule has 1 N–H and O–H groups in total. The Bertz CT molecular complexity index is 634. The maximum Gasteiger partial charge on any atom is 0.206 e. The van der Waals surface area contributed by atoms with Crippen LogP contribution >= 0.6 is 34.7 Å². The molecule has 1 fully saturated rings. The van der Waals surface area contributed by atoms with Crippen molar-refractivity contribution >= 4 is 39.8 Å². The van der Waals surface area contributed by atoms with Gasteiger partial charge in [-0.2, -0.15) is 0 Å². The summed E-state index contributed by atoms with van der Waals surface area (Å²) in [5, 5.41) is 12.7. The number of nitrogens with zero attached hydrogens (tertiary/aromatic N) is 2. The molecule has 0 saturated carbocycles. The summed E-state index contributed by atoms with van der Waals surface area (Å²) in [4.78, 5) is 0. The first kappa shape index (κ1) is 16.0. The van der Waals surface area contributed by atoms with Crippen molar-refractivity contribution < 1.29 is 9.13 Å². The predicted octanol–water partition coefficient (Wildman–Crippen LogP) is 4.21. The first-order valence-electron chi connectivity index (χ1n) is 6.96. The van der Waals surface area contributed by atoms with E-state index in [0.29, 0.717) is 10.8 Å². The van der Waals surface area contributed by atoms with Gasteiger partial charge in [-0.25, -0.2) is 4.39 Å². The molecule has 118 valence electrons. The summed E-state index contributed by atoms with van der Waals surface area (Å²) < 4.78 is 19.4. The molecule has 1 aliphatic heterocycles. The van der Waals surface area contributed by atoms with E-state index < -0.39 is 0 Å². The molecule has 1 saturated heterocycles. The largest absolute Gasteiger partial charge is 0.376 e. The van der Waals surface area contributed by atoms with Crippen molar-refractivity contribution in [2.75, 3.05) is 18.5 Å². The Labute approximate surface area is 141 Å². The predicted molar refractivity (Wildman–Crippen MR) is 88.3 cm³/mol. The van der Waals surface area contributed by atoms with E-state index >= 15 is 0 Å². The van der Waals surface area contributed by atoms with Gasteiger partial charge in [0.1, 0.15) is 5.82 Å². The van der Waals surface area contributed by atoms with Gasteiger partial charge < -0.3 is 10.1 Å². The number of thioether (sulfide) groups is 1. The second-order valence-corrected chi connectivity index (χ2v) is 7.52. The molecule has 8 heteroatoms. The number of hydrogen-bond donors (Lipinski definition) is 1. The van der Waals surface area contributed by atoms with Gasteiger partial charge in [0.25, 0.3) is 0 Å². The first-order valence-corrected chi connectivity index (χ1v) is 9.14. The highest BCUT2D eigenvalue weighted by Crippen LogP contribution is 2.30. The number of nitrogens with one attached hydrogen (secondary N) is 1. The van der Waals surface area contributed by atoms with E-state index in [1.165, 1.54) is 35.2 Å². The molecule has 0 radical (unpaired) electrons. The Hall–Kier alpha value is -0.890. The van der Waals surface area contributed by atoms with E-state index in [4.69, 9.17) is 16.3 Å². The number of rotatable bonds is 6. The van der Waals surface area contributed by atoms with Gasteiger partial charge in [0.15, 0.2) is 4.34 Å². The van der Waals surface area contributed by atoms with Gasteiger partial charge in [-0.1, -0.05) is 40.8 Å². The standard InChI is InChI=1S/C14H15ClFN3OS2/c15-12-6-10(16)4-3-9(12)8-21-14-19-18-13(22-14)17-7-11-2-1-5-20-11/h3-4,6,11H,1-2,5,7-8H2,(H,17,18). The lowest BCUT2D eigenvalue weighted by molar-refractivity contribution is 0.120. The van der Waals surface area contributed by atoms with Crippen molar-refractivity contribution in [1.29, 1.82) is 0 Å². The first-order chi connectivity index (χ1) is 10.7. The molecular formula is C14H15ClFN3OS2. The summed E-state index contributed by atoms with van der Waals surface area (Å²) in [7, 11) is 0. The van der Waals surface area contributed by atoms with E-state index in [2.05, 4.69) is 15.5 Å².